The van der Waals surface area contributed by atoms with Gasteiger partial charge in [-0.2, -0.15) is 0 Å². The Bertz CT molecular complexity index is 957. The molecule has 1 aliphatic carbocycles. The molecule has 1 fully saturated rings. The van der Waals surface area contributed by atoms with Crippen LogP contribution in [0.4, 0.5) is 23.2 Å². The first-order valence-electron chi connectivity index (χ1n) is 12.5. The molecule has 1 aromatic rings. The van der Waals surface area contributed by atoms with Gasteiger partial charge in [0.15, 0.2) is 11.6 Å². The number of aliphatic imine (C=N–C) groups is 1. The van der Waals surface area contributed by atoms with E-state index in [1.165, 1.54) is 0 Å². The summed E-state index contributed by atoms with van der Waals surface area (Å²) in [4.78, 5) is 16.5. The van der Waals surface area contributed by atoms with Gasteiger partial charge in [-0.05, 0) is 29.9 Å². The third-order valence-corrected chi connectivity index (χ3v) is 6.06. The van der Waals surface area contributed by atoms with Gasteiger partial charge in [-0.3, -0.25) is 9.79 Å². The van der Waals surface area contributed by atoms with E-state index in [9.17, 15) is 22.4 Å². The molecule has 1 unspecified atom stereocenters. The molecule has 6 heteroatoms. The predicted molar refractivity (Wildman–Crippen MR) is 141 cm³/mol. The number of ketones is 1. The minimum atomic E-state index is -2.70. The van der Waals surface area contributed by atoms with Crippen LogP contribution in [0, 0.1) is 28.4 Å². The number of carbonyl (C=O) groups excluding carboxylic acids is 1. The molecule has 0 amide bonds. The Morgan fingerprint density at radius 2 is 1.74 bits per heavy atom. The Hall–Kier alpha value is -2.24. The quantitative estimate of drug-likeness (QED) is 0.360. The van der Waals surface area contributed by atoms with E-state index in [2.05, 4.69) is 32.7 Å². The summed E-state index contributed by atoms with van der Waals surface area (Å²) in [6.07, 6.45) is 7.64. The highest BCUT2D eigenvalue weighted by molar-refractivity contribution is 6.00. The number of nitrogens with zero attached hydrogens (tertiary/aromatic N) is 1. The maximum Gasteiger partial charge on any atom is 0.253 e. The standard InChI is InChI=1S/C22H23F4NO.C5H12.C2H6.H2/c1-3-21(2)15(13-22(21,25)26)11-17(28)9-5-8-16-7-4-6-14-10-18(23)19(24)12-20(14)27-16;1-5(2,3)4;1-2;/h4-6,8,10,12,15H,3,7,9,11,13H2,1-2H3;1-4H3;1-2H3;1H/b8-5+;;;/t15?,21-;;;/m1.../s1. The van der Waals surface area contributed by atoms with Gasteiger partial charge in [-0.25, -0.2) is 17.6 Å². The summed E-state index contributed by atoms with van der Waals surface area (Å²) in [6, 6.07) is 2.14. The highest BCUT2D eigenvalue weighted by Gasteiger charge is 2.63. The molecule has 2 nitrogen and oxygen atoms in total. The van der Waals surface area contributed by atoms with Crippen molar-refractivity contribution >= 4 is 23.3 Å². The molecule has 0 N–H and O–H groups in total. The zero-order chi connectivity index (χ0) is 27.0. The van der Waals surface area contributed by atoms with Crippen LogP contribution in [0.3, 0.4) is 0 Å². The lowest BCUT2D eigenvalue weighted by atomic mass is 9.55. The first kappa shape index (κ1) is 30.8. The fraction of sp³-hybridized carbons (Fsp3) is 0.586. The topological polar surface area (TPSA) is 29.4 Å². The van der Waals surface area contributed by atoms with E-state index in [-0.39, 0.29) is 32.4 Å². The summed E-state index contributed by atoms with van der Waals surface area (Å²) in [5, 5.41) is 0. The van der Waals surface area contributed by atoms with Crippen molar-refractivity contribution in [2.45, 2.75) is 93.4 Å². The van der Waals surface area contributed by atoms with Crippen molar-refractivity contribution in [3.8, 4) is 0 Å². The maximum atomic E-state index is 13.8. The highest BCUT2D eigenvalue weighted by atomic mass is 19.3. The van der Waals surface area contributed by atoms with Crippen molar-refractivity contribution in [1.82, 2.24) is 0 Å². The molecule has 0 saturated heterocycles. The first-order chi connectivity index (χ1) is 16.2. The van der Waals surface area contributed by atoms with Crippen LogP contribution >= 0.6 is 0 Å². The summed E-state index contributed by atoms with van der Waals surface area (Å²) in [5.74, 6) is -4.98. The third kappa shape index (κ3) is 8.73. The Morgan fingerprint density at radius 1 is 1.17 bits per heavy atom. The Balaban J connectivity index is 0.00000137. The van der Waals surface area contributed by atoms with Crippen molar-refractivity contribution < 1.29 is 23.8 Å². The van der Waals surface area contributed by atoms with E-state index < -0.39 is 23.0 Å². The summed E-state index contributed by atoms with van der Waals surface area (Å²) < 4.78 is 54.4. The van der Waals surface area contributed by atoms with Crippen LogP contribution < -0.4 is 0 Å². The van der Waals surface area contributed by atoms with Crippen LogP contribution in [0.5, 0.6) is 0 Å². The second-order valence-corrected chi connectivity index (χ2v) is 10.8. The molecule has 2 atom stereocenters. The summed E-state index contributed by atoms with van der Waals surface area (Å²) in [6.45, 7) is 16.0. The zero-order valence-electron chi connectivity index (χ0n) is 22.4. The number of fused-ring (bicyclic) bond motifs is 1. The Kier molecular flexibility index (Phi) is 11.1. The van der Waals surface area contributed by atoms with E-state index >= 15 is 0 Å². The van der Waals surface area contributed by atoms with Gasteiger partial charge in [-0.15, -0.1) is 0 Å². The van der Waals surface area contributed by atoms with Gasteiger partial charge in [0.05, 0.1) is 5.69 Å². The average molecular weight is 498 g/mol. The summed E-state index contributed by atoms with van der Waals surface area (Å²) in [7, 11) is 0. The van der Waals surface area contributed by atoms with Gasteiger partial charge in [0.2, 0.25) is 0 Å². The third-order valence-electron chi connectivity index (χ3n) is 6.06. The van der Waals surface area contributed by atoms with Crippen molar-refractivity contribution in [1.29, 1.82) is 0 Å². The molecule has 0 spiro atoms. The molecule has 1 saturated carbocycles. The smallest absolute Gasteiger partial charge is 0.253 e. The number of hydrogen-bond donors (Lipinski definition) is 0. The van der Waals surface area contributed by atoms with Crippen LogP contribution in [-0.2, 0) is 4.79 Å². The molecule has 198 valence electrons. The van der Waals surface area contributed by atoms with Gasteiger partial charge in [0.25, 0.3) is 5.92 Å². The molecule has 0 aromatic heterocycles. The molecule has 0 radical (unpaired) electrons. The second-order valence-electron chi connectivity index (χ2n) is 10.8. The van der Waals surface area contributed by atoms with Crippen LogP contribution in [0.15, 0.2) is 35.4 Å². The van der Waals surface area contributed by atoms with Gasteiger partial charge >= 0.3 is 0 Å². The number of halogens is 4. The van der Waals surface area contributed by atoms with Gasteiger partial charge in [0, 0.05) is 49.9 Å². The molecule has 2 aliphatic rings. The molecule has 1 aromatic carbocycles. The number of hydrogen-bond acceptors (Lipinski definition) is 2. The van der Waals surface area contributed by atoms with E-state index in [0.29, 0.717) is 35.2 Å². The van der Waals surface area contributed by atoms with Crippen LogP contribution in [0.25, 0.3) is 6.08 Å². The molecule has 1 heterocycles. The van der Waals surface area contributed by atoms with Gasteiger partial charge in [-0.1, -0.05) is 73.6 Å². The Labute approximate surface area is 210 Å². The van der Waals surface area contributed by atoms with Crippen LogP contribution in [0.1, 0.15) is 94.5 Å². The lowest BCUT2D eigenvalue weighted by molar-refractivity contribution is -0.237. The number of allylic oxidation sites excluding steroid dienone is 3. The average Bonchev–Trinajstić information content (AvgIpc) is 2.94. The fourth-order valence-electron chi connectivity index (χ4n) is 3.86. The number of alkyl halides is 2. The van der Waals surface area contributed by atoms with Crippen molar-refractivity contribution in [2.75, 3.05) is 0 Å². The Morgan fingerprint density at radius 3 is 2.29 bits per heavy atom. The monoisotopic (exact) mass is 497 g/mol. The van der Waals surface area contributed by atoms with Crippen molar-refractivity contribution in [3.05, 3.63) is 47.6 Å². The van der Waals surface area contributed by atoms with E-state index in [1.807, 2.05) is 13.8 Å². The number of benzene rings is 1. The van der Waals surface area contributed by atoms with Crippen molar-refractivity contribution in [2.24, 2.45) is 21.7 Å². The first-order valence-corrected chi connectivity index (χ1v) is 12.5. The molecular formula is C29H43F4NO. The van der Waals surface area contributed by atoms with E-state index in [4.69, 9.17) is 0 Å². The van der Waals surface area contributed by atoms with E-state index in [1.54, 1.807) is 38.2 Å². The minimum Gasteiger partial charge on any atom is -0.299 e. The number of rotatable bonds is 6. The minimum absolute atomic E-state index is 0. The largest absolute Gasteiger partial charge is 0.299 e. The molecule has 3 rings (SSSR count). The second kappa shape index (κ2) is 12.6. The number of Topliss-reactive ketones (excluding diaryl/α,β-unsaturated/α-hetero) is 1. The SMILES string of the molecule is CC.CC(C)(C)C.CC[C@]1(C)C(CC(=O)C/C=C/C2=Nc3cc(F)c(F)cc3C=CC2)CC1(F)F.[HH]. The lowest BCUT2D eigenvalue weighted by Crippen LogP contribution is -2.56. The summed E-state index contributed by atoms with van der Waals surface area (Å²) in [5.41, 5.74) is 0.825. The highest BCUT2D eigenvalue weighted by Crippen LogP contribution is 2.61. The summed E-state index contributed by atoms with van der Waals surface area (Å²) >= 11 is 0. The molecule has 0 bridgehead atoms. The normalized spacial score (nSPS) is 22.5. The maximum absolute atomic E-state index is 13.8. The van der Waals surface area contributed by atoms with Gasteiger partial charge in [0.1, 0.15) is 5.78 Å². The fourth-order valence-corrected chi connectivity index (χ4v) is 3.86. The number of carbonyl (C=O) groups is 1. The molecule has 35 heavy (non-hydrogen) atoms. The zero-order valence-corrected chi connectivity index (χ0v) is 22.4. The van der Waals surface area contributed by atoms with Crippen LogP contribution in [0.2, 0.25) is 0 Å². The van der Waals surface area contributed by atoms with Crippen LogP contribution in [-0.4, -0.2) is 17.4 Å². The lowest BCUT2D eigenvalue weighted by Gasteiger charge is -2.53. The van der Waals surface area contributed by atoms with Gasteiger partial charge < -0.3 is 0 Å². The molecule has 1 aliphatic heterocycles. The molecular weight excluding hydrogens is 454 g/mol. The van der Waals surface area contributed by atoms with E-state index in [0.717, 1.165) is 12.1 Å². The van der Waals surface area contributed by atoms with Crippen molar-refractivity contribution in [3.63, 3.8) is 0 Å². The predicted octanol–water partition coefficient (Wildman–Crippen LogP) is 9.76.